The molecule has 1 heterocycles. The first-order valence-corrected chi connectivity index (χ1v) is 7.25. The topological polar surface area (TPSA) is 96.6 Å². The number of aromatic nitrogens is 1. The van der Waals surface area contributed by atoms with Crippen molar-refractivity contribution in [2.75, 3.05) is 4.90 Å². The Morgan fingerprint density at radius 2 is 2.04 bits per heavy atom. The number of hydrogen-bond donors (Lipinski definition) is 1. The van der Waals surface area contributed by atoms with Gasteiger partial charge in [-0.3, -0.25) is 10.1 Å². The maximum absolute atomic E-state index is 11.1. The molecule has 7 heteroatoms. The van der Waals surface area contributed by atoms with Gasteiger partial charge < -0.3 is 10.0 Å². The number of carboxylic acid groups (broad SMARTS) is 1. The number of pyridine rings is 1. The smallest absolute Gasteiger partial charge is 0.354 e. The van der Waals surface area contributed by atoms with Crippen molar-refractivity contribution in [2.24, 2.45) is 0 Å². The largest absolute Gasteiger partial charge is 0.477 e. The minimum atomic E-state index is -1.07. The van der Waals surface area contributed by atoms with Gasteiger partial charge in [0, 0.05) is 24.7 Å². The van der Waals surface area contributed by atoms with Crippen molar-refractivity contribution in [2.45, 2.75) is 25.4 Å². The van der Waals surface area contributed by atoms with Crippen LogP contribution in [0.3, 0.4) is 0 Å². The van der Waals surface area contributed by atoms with Crippen molar-refractivity contribution >= 4 is 17.5 Å². The van der Waals surface area contributed by atoms with E-state index in [1.54, 1.807) is 18.2 Å². The van der Waals surface area contributed by atoms with Crippen molar-refractivity contribution in [3.05, 3.63) is 63.8 Å². The van der Waals surface area contributed by atoms with E-state index < -0.39 is 10.9 Å². The maximum Gasteiger partial charge on any atom is 0.354 e. The van der Waals surface area contributed by atoms with Crippen LogP contribution in [0.1, 0.15) is 28.9 Å². The number of aromatic carboxylic acids is 1. The highest BCUT2D eigenvalue weighted by atomic mass is 16.6. The summed E-state index contributed by atoms with van der Waals surface area (Å²) in [6, 6.07) is 11.6. The summed E-state index contributed by atoms with van der Waals surface area (Å²) in [6.45, 7) is 0.461. The molecule has 0 aliphatic heterocycles. The van der Waals surface area contributed by atoms with Gasteiger partial charge in [-0.25, -0.2) is 9.78 Å². The van der Waals surface area contributed by atoms with E-state index in [-0.39, 0.29) is 11.4 Å². The SMILES string of the molecule is O=C(O)c1cccc(N(Cc2cccc([N+](=O)[O-])c2)C2CC2)n1. The molecule has 2 aromatic rings. The van der Waals surface area contributed by atoms with Gasteiger partial charge in [0.1, 0.15) is 5.82 Å². The van der Waals surface area contributed by atoms with Gasteiger partial charge in [-0.05, 0) is 30.5 Å². The highest BCUT2D eigenvalue weighted by Crippen LogP contribution is 2.32. The van der Waals surface area contributed by atoms with Gasteiger partial charge in [-0.1, -0.05) is 18.2 Å². The number of anilines is 1. The maximum atomic E-state index is 11.1. The van der Waals surface area contributed by atoms with E-state index >= 15 is 0 Å². The second-order valence-electron chi connectivity index (χ2n) is 5.47. The number of rotatable bonds is 6. The van der Waals surface area contributed by atoms with Gasteiger partial charge in [0.15, 0.2) is 5.69 Å². The average molecular weight is 313 g/mol. The summed E-state index contributed by atoms with van der Waals surface area (Å²) in [7, 11) is 0. The van der Waals surface area contributed by atoms with E-state index in [2.05, 4.69) is 4.98 Å². The van der Waals surface area contributed by atoms with Crippen molar-refractivity contribution in [3.8, 4) is 0 Å². The Balaban J connectivity index is 1.88. The first-order valence-electron chi connectivity index (χ1n) is 7.25. The standard InChI is InChI=1S/C16H15N3O4/c20-16(21)14-5-2-6-15(17-14)18(12-7-8-12)10-11-3-1-4-13(9-11)19(22)23/h1-6,9,12H,7-8,10H2,(H,20,21). The van der Waals surface area contributed by atoms with Gasteiger partial charge in [0.2, 0.25) is 0 Å². The number of nitrogens with zero attached hydrogens (tertiary/aromatic N) is 3. The van der Waals surface area contributed by atoms with E-state index in [0.29, 0.717) is 18.4 Å². The highest BCUT2D eigenvalue weighted by molar-refractivity contribution is 5.85. The molecule has 1 aromatic carbocycles. The molecule has 0 atom stereocenters. The number of carboxylic acids is 1. The zero-order valence-electron chi connectivity index (χ0n) is 12.3. The molecule has 1 fully saturated rings. The lowest BCUT2D eigenvalue weighted by molar-refractivity contribution is -0.384. The molecule has 0 bridgehead atoms. The Bertz CT molecular complexity index is 758. The average Bonchev–Trinajstić information content (AvgIpc) is 3.37. The third-order valence-corrected chi connectivity index (χ3v) is 3.71. The molecule has 1 aliphatic carbocycles. The minimum absolute atomic E-state index is 0.00723. The van der Waals surface area contributed by atoms with Crippen LogP contribution in [0.15, 0.2) is 42.5 Å². The number of nitro groups is 1. The van der Waals surface area contributed by atoms with E-state index in [9.17, 15) is 14.9 Å². The van der Waals surface area contributed by atoms with Gasteiger partial charge in [-0.15, -0.1) is 0 Å². The zero-order valence-corrected chi connectivity index (χ0v) is 12.3. The minimum Gasteiger partial charge on any atom is -0.477 e. The zero-order chi connectivity index (χ0) is 16.4. The summed E-state index contributed by atoms with van der Waals surface area (Å²) in [5.74, 6) is -0.489. The molecule has 3 rings (SSSR count). The van der Waals surface area contributed by atoms with Crippen molar-refractivity contribution in [3.63, 3.8) is 0 Å². The molecule has 0 spiro atoms. The third kappa shape index (κ3) is 3.45. The monoisotopic (exact) mass is 313 g/mol. The second-order valence-corrected chi connectivity index (χ2v) is 5.47. The van der Waals surface area contributed by atoms with Crippen molar-refractivity contribution in [1.82, 2.24) is 4.98 Å². The lowest BCUT2D eigenvalue weighted by atomic mass is 10.2. The van der Waals surface area contributed by atoms with E-state index in [0.717, 1.165) is 18.4 Å². The van der Waals surface area contributed by atoms with Crippen molar-refractivity contribution in [1.29, 1.82) is 0 Å². The normalized spacial score (nSPS) is 13.6. The first kappa shape index (κ1) is 15.0. The lowest BCUT2D eigenvalue weighted by Gasteiger charge is -2.23. The lowest BCUT2D eigenvalue weighted by Crippen LogP contribution is -2.26. The summed E-state index contributed by atoms with van der Waals surface area (Å²) in [5, 5.41) is 20.0. The van der Waals surface area contributed by atoms with Gasteiger partial charge in [0.05, 0.1) is 4.92 Å². The molecule has 1 N–H and O–H groups in total. The molecule has 1 aromatic heterocycles. The van der Waals surface area contributed by atoms with Crippen LogP contribution in [0.4, 0.5) is 11.5 Å². The molecule has 0 unspecified atom stereocenters. The fraction of sp³-hybridized carbons (Fsp3) is 0.250. The first-order chi connectivity index (χ1) is 11.0. The Hall–Kier alpha value is -2.96. The summed E-state index contributed by atoms with van der Waals surface area (Å²) in [4.78, 5) is 27.7. The van der Waals surface area contributed by atoms with E-state index in [4.69, 9.17) is 5.11 Å². The third-order valence-electron chi connectivity index (χ3n) is 3.71. The van der Waals surface area contributed by atoms with E-state index in [1.807, 2.05) is 11.0 Å². The van der Waals surface area contributed by atoms with Crippen LogP contribution in [0.25, 0.3) is 0 Å². The van der Waals surface area contributed by atoms with Crippen LogP contribution >= 0.6 is 0 Å². The highest BCUT2D eigenvalue weighted by Gasteiger charge is 2.30. The Morgan fingerprint density at radius 1 is 1.30 bits per heavy atom. The predicted molar refractivity (Wildman–Crippen MR) is 83.5 cm³/mol. The summed E-state index contributed by atoms with van der Waals surface area (Å²) >= 11 is 0. The van der Waals surface area contributed by atoms with Crippen LogP contribution < -0.4 is 4.90 Å². The molecular weight excluding hydrogens is 298 g/mol. The number of non-ortho nitro benzene ring substituents is 1. The van der Waals surface area contributed by atoms with Crippen molar-refractivity contribution < 1.29 is 14.8 Å². The van der Waals surface area contributed by atoms with Crippen LogP contribution in [-0.4, -0.2) is 27.0 Å². The predicted octanol–water partition coefficient (Wildman–Crippen LogP) is 2.86. The molecule has 23 heavy (non-hydrogen) atoms. The molecule has 118 valence electrons. The van der Waals surface area contributed by atoms with Crippen LogP contribution in [0.2, 0.25) is 0 Å². The molecule has 1 aliphatic rings. The summed E-state index contributed by atoms with van der Waals surface area (Å²) in [6.07, 6.45) is 2.02. The molecule has 7 nitrogen and oxygen atoms in total. The molecule has 0 saturated heterocycles. The molecular formula is C16H15N3O4. The van der Waals surface area contributed by atoms with Gasteiger partial charge in [0.25, 0.3) is 5.69 Å². The quantitative estimate of drug-likeness (QED) is 0.650. The fourth-order valence-corrected chi connectivity index (χ4v) is 2.45. The van der Waals surface area contributed by atoms with Crippen LogP contribution in [-0.2, 0) is 6.54 Å². The number of nitro benzene ring substituents is 1. The Labute approximate surface area is 132 Å². The van der Waals surface area contributed by atoms with Gasteiger partial charge >= 0.3 is 5.97 Å². The van der Waals surface area contributed by atoms with Crippen LogP contribution in [0, 0.1) is 10.1 Å². The second kappa shape index (κ2) is 6.04. The van der Waals surface area contributed by atoms with Crippen LogP contribution in [0.5, 0.6) is 0 Å². The molecule has 1 saturated carbocycles. The molecule has 0 radical (unpaired) electrons. The summed E-state index contributed by atoms with van der Waals surface area (Å²) in [5.41, 5.74) is 0.839. The Morgan fingerprint density at radius 3 is 2.70 bits per heavy atom. The molecule has 0 amide bonds. The number of hydrogen-bond acceptors (Lipinski definition) is 5. The van der Waals surface area contributed by atoms with Gasteiger partial charge in [-0.2, -0.15) is 0 Å². The fourth-order valence-electron chi connectivity index (χ4n) is 2.45. The number of carbonyl (C=O) groups is 1. The van der Waals surface area contributed by atoms with E-state index in [1.165, 1.54) is 18.2 Å². The Kier molecular flexibility index (Phi) is 3.92. The number of benzene rings is 1. The summed E-state index contributed by atoms with van der Waals surface area (Å²) < 4.78 is 0.